The molecule has 3 rings (SSSR count). The van der Waals surface area contributed by atoms with Crippen LogP contribution < -0.4 is 10.1 Å². The van der Waals surface area contributed by atoms with Gasteiger partial charge in [-0.3, -0.25) is 9.59 Å². The fraction of sp³-hybridized carbons (Fsp3) is 0.450. The van der Waals surface area contributed by atoms with Crippen molar-refractivity contribution in [2.45, 2.75) is 45.6 Å². The number of nitrogens with zero attached hydrogens (tertiary/aromatic N) is 3. The number of halogens is 2. The number of amides is 1. The van der Waals surface area contributed by atoms with E-state index in [9.17, 15) is 18.4 Å². The van der Waals surface area contributed by atoms with E-state index in [-0.39, 0.29) is 36.2 Å². The summed E-state index contributed by atoms with van der Waals surface area (Å²) in [4.78, 5) is 36.6. The topological polar surface area (TPSA) is 94.1 Å². The third-order valence-corrected chi connectivity index (χ3v) is 4.47. The molecule has 9 heteroatoms. The van der Waals surface area contributed by atoms with Gasteiger partial charge >= 0.3 is 0 Å². The van der Waals surface area contributed by atoms with Crippen LogP contribution in [0.5, 0.6) is 5.88 Å². The largest absolute Gasteiger partial charge is 0.471 e. The molecule has 0 unspecified atom stereocenters. The highest BCUT2D eigenvalue weighted by Crippen LogP contribution is 2.30. The van der Waals surface area contributed by atoms with Crippen LogP contribution in [0.1, 0.15) is 47.2 Å². The van der Waals surface area contributed by atoms with Gasteiger partial charge in [-0.1, -0.05) is 6.92 Å². The summed E-state index contributed by atoms with van der Waals surface area (Å²) in [5, 5.41) is 2.74. The summed E-state index contributed by atoms with van der Waals surface area (Å²) in [6.07, 6.45) is 2.88. The minimum atomic E-state index is -2.57. The van der Waals surface area contributed by atoms with Crippen molar-refractivity contribution in [3.63, 3.8) is 0 Å². The number of rotatable bonds is 10. The average Bonchev–Trinajstić information content (AvgIpc) is 3.56. The lowest BCUT2D eigenvalue weighted by Crippen LogP contribution is -2.25. The van der Waals surface area contributed by atoms with Crippen LogP contribution in [0.3, 0.4) is 0 Å². The molecule has 7 nitrogen and oxygen atoms in total. The number of aromatic nitrogens is 3. The fourth-order valence-corrected chi connectivity index (χ4v) is 2.76. The molecule has 0 spiro atoms. The van der Waals surface area contributed by atoms with Crippen LogP contribution >= 0.6 is 0 Å². The Hall–Kier alpha value is -2.97. The number of hydrogen-bond donors (Lipinski definition) is 1. The van der Waals surface area contributed by atoms with Crippen LogP contribution in [0.25, 0.3) is 0 Å². The molecular weight excluding hydrogens is 382 g/mol. The first-order valence-corrected chi connectivity index (χ1v) is 9.47. The SMILES string of the molecule is CCc1cc(CNC(=O)c2ccnc(CC(=O)C3CC3)n2)cnc1OCC(F)F. The van der Waals surface area contributed by atoms with Crippen molar-refractivity contribution in [1.82, 2.24) is 20.3 Å². The van der Waals surface area contributed by atoms with E-state index in [1.165, 1.54) is 18.5 Å². The van der Waals surface area contributed by atoms with E-state index in [0.29, 0.717) is 23.4 Å². The molecule has 2 aromatic heterocycles. The summed E-state index contributed by atoms with van der Waals surface area (Å²) in [7, 11) is 0. The minimum Gasteiger partial charge on any atom is -0.471 e. The van der Waals surface area contributed by atoms with Gasteiger partial charge in [0.05, 0.1) is 6.42 Å². The summed E-state index contributed by atoms with van der Waals surface area (Å²) in [5.41, 5.74) is 1.57. The predicted molar refractivity (Wildman–Crippen MR) is 99.8 cm³/mol. The fourth-order valence-electron chi connectivity index (χ4n) is 2.76. The molecule has 1 aliphatic carbocycles. The Morgan fingerprint density at radius 2 is 2.10 bits per heavy atom. The van der Waals surface area contributed by atoms with Gasteiger partial charge in [0.1, 0.15) is 17.3 Å². The Kier molecular flexibility index (Phi) is 6.79. The zero-order valence-electron chi connectivity index (χ0n) is 16.0. The molecule has 1 N–H and O–H groups in total. The van der Waals surface area contributed by atoms with E-state index in [0.717, 1.165) is 12.8 Å². The molecule has 29 heavy (non-hydrogen) atoms. The third kappa shape index (κ3) is 6.00. The van der Waals surface area contributed by atoms with Crippen molar-refractivity contribution in [1.29, 1.82) is 0 Å². The highest BCUT2D eigenvalue weighted by molar-refractivity contribution is 5.92. The first-order chi connectivity index (χ1) is 14.0. The second kappa shape index (κ2) is 9.49. The quantitative estimate of drug-likeness (QED) is 0.654. The number of hydrogen-bond acceptors (Lipinski definition) is 6. The van der Waals surface area contributed by atoms with Crippen LogP contribution in [0.2, 0.25) is 0 Å². The second-order valence-corrected chi connectivity index (χ2v) is 6.82. The van der Waals surface area contributed by atoms with Gasteiger partial charge in [-0.05, 0) is 37.0 Å². The molecule has 154 valence electrons. The molecule has 0 aromatic carbocycles. The van der Waals surface area contributed by atoms with Crippen molar-refractivity contribution in [3.8, 4) is 5.88 Å². The van der Waals surface area contributed by atoms with Gasteiger partial charge < -0.3 is 10.1 Å². The number of Topliss-reactive ketones (excluding diaryl/α,β-unsaturated/α-hetero) is 1. The summed E-state index contributed by atoms with van der Waals surface area (Å²) >= 11 is 0. The molecule has 0 saturated heterocycles. The molecule has 1 amide bonds. The van der Waals surface area contributed by atoms with Crippen LogP contribution in [-0.4, -0.2) is 39.7 Å². The number of aryl methyl sites for hydroxylation is 1. The summed E-state index contributed by atoms with van der Waals surface area (Å²) in [6.45, 7) is 1.34. The van der Waals surface area contributed by atoms with Crippen LogP contribution in [0, 0.1) is 5.92 Å². The zero-order chi connectivity index (χ0) is 20.8. The molecular formula is C20H22F2N4O3. The number of carbonyl (C=O) groups excluding carboxylic acids is 2. The van der Waals surface area contributed by atoms with Crippen molar-refractivity contribution >= 4 is 11.7 Å². The Balaban J connectivity index is 1.59. The number of carbonyl (C=O) groups is 2. The van der Waals surface area contributed by atoms with Gasteiger partial charge in [0.25, 0.3) is 12.3 Å². The highest BCUT2D eigenvalue weighted by atomic mass is 19.3. The maximum absolute atomic E-state index is 12.4. The highest BCUT2D eigenvalue weighted by Gasteiger charge is 2.29. The zero-order valence-corrected chi connectivity index (χ0v) is 16.0. The Bertz CT molecular complexity index is 888. The van der Waals surface area contributed by atoms with Crippen LogP contribution in [-0.2, 0) is 24.2 Å². The Labute approximate surface area is 166 Å². The first kappa shape index (κ1) is 20.8. The molecule has 1 aliphatic rings. The van der Waals surface area contributed by atoms with E-state index in [1.807, 2.05) is 6.92 Å². The maximum Gasteiger partial charge on any atom is 0.272 e. The van der Waals surface area contributed by atoms with Gasteiger partial charge in [-0.15, -0.1) is 0 Å². The van der Waals surface area contributed by atoms with Crippen LogP contribution in [0.4, 0.5) is 8.78 Å². The predicted octanol–water partition coefficient (Wildman–Crippen LogP) is 2.53. The minimum absolute atomic E-state index is 0.106. The van der Waals surface area contributed by atoms with Crippen molar-refractivity contribution in [3.05, 3.63) is 47.2 Å². The van der Waals surface area contributed by atoms with Crippen molar-refractivity contribution in [2.75, 3.05) is 6.61 Å². The van der Waals surface area contributed by atoms with Crippen LogP contribution in [0.15, 0.2) is 24.5 Å². The molecule has 0 aliphatic heterocycles. The van der Waals surface area contributed by atoms with E-state index in [2.05, 4.69) is 20.3 Å². The number of ketones is 1. The van der Waals surface area contributed by atoms with Gasteiger partial charge in [-0.25, -0.2) is 23.7 Å². The smallest absolute Gasteiger partial charge is 0.272 e. The molecule has 0 radical (unpaired) electrons. The standard InChI is InChI=1S/C20H22F2N4O3/c1-2-13-7-12(10-25-20(13)29-11-17(21)22)9-24-19(28)15-5-6-23-18(26-15)8-16(27)14-3-4-14/h5-7,10,14,17H,2-4,8-9,11H2,1H3,(H,24,28). The molecule has 1 fully saturated rings. The summed E-state index contributed by atoms with van der Waals surface area (Å²) in [5.74, 6) is 0.330. The third-order valence-electron chi connectivity index (χ3n) is 4.47. The second-order valence-electron chi connectivity index (χ2n) is 6.82. The lowest BCUT2D eigenvalue weighted by molar-refractivity contribution is -0.119. The van der Waals surface area contributed by atoms with Gasteiger partial charge in [0.2, 0.25) is 5.88 Å². The molecule has 0 bridgehead atoms. The number of ether oxygens (including phenoxy) is 1. The van der Waals surface area contributed by atoms with E-state index in [1.54, 1.807) is 6.07 Å². The summed E-state index contributed by atoms with van der Waals surface area (Å²) in [6, 6.07) is 3.24. The Morgan fingerprint density at radius 3 is 2.79 bits per heavy atom. The lowest BCUT2D eigenvalue weighted by Gasteiger charge is -2.11. The maximum atomic E-state index is 12.4. The van der Waals surface area contributed by atoms with Crippen molar-refractivity contribution in [2.24, 2.45) is 5.92 Å². The molecule has 1 saturated carbocycles. The van der Waals surface area contributed by atoms with Gasteiger partial charge in [-0.2, -0.15) is 0 Å². The summed E-state index contributed by atoms with van der Waals surface area (Å²) < 4.78 is 29.6. The van der Waals surface area contributed by atoms with Gasteiger partial charge in [0.15, 0.2) is 6.61 Å². The first-order valence-electron chi connectivity index (χ1n) is 9.47. The number of pyridine rings is 1. The van der Waals surface area contributed by atoms with Gasteiger partial charge in [0, 0.05) is 30.4 Å². The average molecular weight is 404 g/mol. The molecule has 0 atom stereocenters. The van der Waals surface area contributed by atoms with E-state index >= 15 is 0 Å². The van der Waals surface area contributed by atoms with Crippen molar-refractivity contribution < 1.29 is 23.1 Å². The number of alkyl halides is 2. The lowest BCUT2D eigenvalue weighted by atomic mass is 10.1. The van der Waals surface area contributed by atoms with E-state index < -0.39 is 18.9 Å². The molecule has 2 heterocycles. The molecule has 2 aromatic rings. The normalized spacial score (nSPS) is 13.4. The van der Waals surface area contributed by atoms with E-state index in [4.69, 9.17) is 4.74 Å². The number of nitrogens with one attached hydrogen (secondary N) is 1. The monoisotopic (exact) mass is 404 g/mol. The Morgan fingerprint density at radius 1 is 1.31 bits per heavy atom.